The number of nitrogens with zero attached hydrogens (tertiary/aromatic N) is 1. The van der Waals surface area contributed by atoms with Crippen LogP contribution in [0.4, 0.5) is 0 Å². The standard InChI is InChI=1S/C20H25NO3/c1-3-9-21(2)10-8-20-13-5-7-16(23)19(20)24-18-15(22)6-4-12(17(18)20)11-14(13)21/h3-4,6,13-14,16,19,23H,1,5,7-11H2,2H3/p+1/t13?,14?,16-,19?,20-,21+/m1/s1. The predicted molar refractivity (Wildman–Crippen MR) is 91.2 cm³/mol. The number of likely N-dealkylation sites (N-methyl/N-ethyl adjacent to an activating group) is 1. The zero-order valence-electron chi connectivity index (χ0n) is 14.2. The summed E-state index contributed by atoms with van der Waals surface area (Å²) in [6, 6.07) is 4.39. The highest BCUT2D eigenvalue weighted by atomic mass is 16.5. The number of quaternary nitrogens is 1. The van der Waals surface area contributed by atoms with Crippen LogP contribution in [0.5, 0.6) is 11.5 Å². The van der Waals surface area contributed by atoms with Gasteiger partial charge in [0, 0.05) is 24.3 Å². The van der Waals surface area contributed by atoms with Gasteiger partial charge in [0.2, 0.25) is 0 Å². The fourth-order valence-electron chi connectivity index (χ4n) is 6.50. The first-order valence-electron chi connectivity index (χ1n) is 9.16. The maximum Gasteiger partial charge on any atom is 0.165 e. The molecule has 1 saturated heterocycles. The van der Waals surface area contributed by atoms with E-state index in [0.29, 0.717) is 17.7 Å². The average molecular weight is 328 g/mol. The van der Waals surface area contributed by atoms with Gasteiger partial charge in [-0.15, -0.1) is 0 Å². The van der Waals surface area contributed by atoms with Crippen LogP contribution in [0.25, 0.3) is 0 Å². The van der Waals surface area contributed by atoms with Crippen LogP contribution in [0.2, 0.25) is 0 Å². The summed E-state index contributed by atoms with van der Waals surface area (Å²) in [5, 5.41) is 21.0. The molecule has 0 aromatic heterocycles. The van der Waals surface area contributed by atoms with E-state index >= 15 is 0 Å². The Morgan fingerprint density at radius 2 is 2.25 bits per heavy atom. The maximum absolute atomic E-state index is 10.7. The molecule has 2 bridgehead atoms. The lowest BCUT2D eigenvalue weighted by Crippen LogP contribution is -2.72. The Morgan fingerprint density at radius 3 is 3.04 bits per heavy atom. The van der Waals surface area contributed by atoms with Gasteiger partial charge in [-0.1, -0.05) is 12.6 Å². The van der Waals surface area contributed by atoms with Gasteiger partial charge < -0.3 is 19.4 Å². The number of aliphatic hydroxyl groups excluding tert-OH is 1. The number of likely N-dealkylation sites (tertiary alicyclic amines) is 1. The van der Waals surface area contributed by atoms with Gasteiger partial charge in [0.25, 0.3) is 0 Å². The van der Waals surface area contributed by atoms with Crippen molar-refractivity contribution in [1.29, 1.82) is 0 Å². The number of benzene rings is 1. The molecule has 2 N–H and O–H groups in total. The van der Waals surface area contributed by atoms with Crippen LogP contribution in [-0.4, -0.2) is 53.1 Å². The molecule has 4 heteroatoms. The van der Waals surface area contributed by atoms with Crippen LogP contribution in [-0.2, 0) is 11.8 Å². The SMILES string of the molecule is C=CC[N@@+]1(C)CC[C@@]23c4c5ccc(O)c4OC2[C@H](O)CCC3C1C5. The fourth-order valence-corrected chi connectivity index (χ4v) is 6.50. The molecule has 6 atom stereocenters. The molecule has 2 heterocycles. The Morgan fingerprint density at radius 1 is 1.42 bits per heavy atom. The van der Waals surface area contributed by atoms with Crippen molar-refractivity contribution in [3.05, 3.63) is 35.9 Å². The summed E-state index contributed by atoms with van der Waals surface area (Å²) in [5.41, 5.74) is 2.43. The molecule has 1 aromatic rings. The molecule has 128 valence electrons. The summed E-state index contributed by atoms with van der Waals surface area (Å²) >= 11 is 0. The Labute approximate surface area is 142 Å². The largest absolute Gasteiger partial charge is 0.504 e. The third-order valence-electron chi connectivity index (χ3n) is 7.50. The van der Waals surface area contributed by atoms with E-state index in [-0.39, 0.29) is 17.3 Å². The van der Waals surface area contributed by atoms with E-state index in [4.69, 9.17) is 4.74 Å². The monoisotopic (exact) mass is 328 g/mol. The van der Waals surface area contributed by atoms with Crippen molar-refractivity contribution in [3.63, 3.8) is 0 Å². The van der Waals surface area contributed by atoms with Crippen molar-refractivity contribution < 1.29 is 19.4 Å². The minimum Gasteiger partial charge on any atom is -0.504 e. The Balaban J connectivity index is 1.75. The molecule has 5 rings (SSSR count). The summed E-state index contributed by atoms with van der Waals surface area (Å²) in [5.74, 6) is 1.40. The first-order chi connectivity index (χ1) is 11.5. The molecule has 1 aromatic carbocycles. The molecule has 4 aliphatic rings. The number of aliphatic hydroxyl groups is 1. The second kappa shape index (κ2) is 4.55. The van der Waals surface area contributed by atoms with Crippen LogP contribution in [0.15, 0.2) is 24.8 Å². The topological polar surface area (TPSA) is 49.7 Å². The molecule has 3 unspecified atom stereocenters. The third kappa shape index (κ3) is 1.52. The Bertz CT molecular complexity index is 732. The van der Waals surface area contributed by atoms with E-state index in [1.165, 1.54) is 11.1 Å². The number of hydrogen-bond donors (Lipinski definition) is 2. The van der Waals surface area contributed by atoms with Gasteiger partial charge in [-0.05, 0) is 30.5 Å². The first-order valence-corrected chi connectivity index (χ1v) is 9.16. The number of piperidine rings is 1. The third-order valence-corrected chi connectivity index (χ3v) is 7.50. The summed E-state index contributed by atoms with van der Waals surface area (Å²) in [6.07, 6.45) is 5.32. The highest BCUT2D eigenvalue weighted by molar-refractivity contribution is 5.60. The Hall–Kier alpha value is -1.52. The number of ether oxygens (including phenoxy) is 1. The van der Waals surface area contributed by atoms with Gasteiger partial charge in [0.15, 0.2) is 11.5 Å². The van der Waals surface area contributed by atoms with Crippen molar-refractivity contribution in [3.8, 4) is 11.5 Å². The zero-order valence-corrected chi connectivity index (χ0v) is 14.2. The van der Waals surface area contributed by atoms with Crippen LogP contribution >= 0.6 is 0 Å². The van der Waals surface area contributed by atoms with Gasteiger partial charge in [-0.25, -0.2) is 0 Å². The molecular formula is C20H26NO3+. The van der Waals surface area contributed by atoms with E-state index in [9.17, 15) is 10.2 Å². The van der Waals surface area contributed by atoms with Gasteiger partial charge in [0.1, 0.15) is 6.10 Å². The smallest absolute Gasteiger partial charge is 0.165 e. The molecule has 1 saturated carbocycles. The van der Waals surface area contributed by atoms with Crippen LogP contribution in [0.3, 0.4) is 0 Å². The van der Waals surface area contributed by atoms with E-state index in [0.717, 1.165) is 43.3 Å². The van der Waals surface area contributed by atoms with Crippen LogP contribution < -0.4 is 4.74 Å². The van der Waals surface area contributed by atoms with E-state index in [1.54, 1.807) is 6.07 Å². The molecule has 24 heavy (non-hydrogen) atoms. The molecule has 2 aliphatic heterocycles. The van der Waals surface area contributed by atoms with Gasteiger partial charge in [-0.2, -0.15) is 0 Å². The van der Waals surface area contributed by atoms with Crippen molar-refractivity contribution >= 4 is 0 Å². The zero-order chi connectivity index (χ0) is 16.7. The number of phenols is 1. The maximum atomic E-state index is 10.7. The molecule has 4 nitrogen and oxygen atoms in total. The average Bonchev–Trinajstić information content (AvgIpc) is 2.91. The summed E-state index contributed by atoms with van der Waals surface area (Å²) < 4.78 is 7.26. The van der Waals surface area contributed by atoms with Crippen molar-refractivity contribution in [2.75, 3.05) is 20.1 Å². The number of aromatic hydroxyl groups is 1. The number of hydrogen-bond acceptors (Lipinski definition) is 3. The lowest BCUT2D eigenvalue weighted by atomic mass is 9.51. The van der Waals surface area contributed by atoms with Crippen LogP contribution in [0.1, 0.15) is 30.4 Å². The quantitative estimate of drug-likeness (QED) is 0.646. The highest BCUT2D eigenvalue weighted by Crippen LogP contribution is 2.64. The van der Waals surface area contributed by atoms with Gasteiger partial charge >= 0.3 is 0 Å². The molecular weight excluding hydrogens is 302 g/mol. The van der Waals surface area contributed by atoms with Crippen molar-refractivity contribution in [1.82, 2.24) is 0 Å². The van der Waals surface area contributed by atoms with Crippen molar-refractivity contribution in [2.45, 2.75) is 49.3 Å². The highest BCUT2D eigenvalue weighted by Gasteiger charge is 2.68. The minimum absolute atomic E-state index is 0.108. The summed E-state index contributed by atoms with van der Waals surface area (Å²) in [6.45, 7) is 6.06. The fraction of sp³-hybridized carbons (Fsp3) is 0.600. The predicted octanol–water partition coefficient (Wildman–Crippen LogP) is 2.12. The van der Waals surface area contributed by atoms with E-state index in [2.05, 4.69) is 25.8 Å². The second-order valence-corrected chi connectivity index (χ2v) is 8.47. The molecule has 1 spiro atoms. The van der Waals surface area contributed by atoms with Crippen molar-refractivity contribution in [2.24, 2.45) is 5.92 Å². The summed E-state index contributed by atoms with van der Waals surface area (Å²) in [4.78, 5) is 0. The molecule has 0 radical (unpaired) electrons. The second-order valence-electron chi connectivity index (χ2n) is 8.47. The van der Waals surface area contributed by atoms with E-state index in [1.807, 2.05) is 0 Å². The Kier molecular flexibility index (Phi) is 2.81. The molecule has 2 fully saturated rings. The lowest BCUT2D eigenvalue weighted by Gasteiger charge is -2.61. The van der Waals surface area contributed by atoms with Crippen LogP contribution in [0, 0.1) is 5.92 Å². The van der Waals surface area contributed by atoms with Gasteiger partial charge in [0.05, 0.1) is 37.7 Å². The number of rotatable bonds is 2. The first kappa shape index (κ1) is 14.8. The molecule has 0 amide bonds. The minimum atomic E-state index is -0.434. The van der Waals surface area contributed by atoms with E-state index < -0.39 is 6.10 Å². The molecule has 2 aliphatic carbocycles. The van der Waals surface area contributed by atoms with Gasteiger partial charge in [-0.3, -0.25) is 0 Å². The summed E-state index contributed by atoms with van der Waals surface area (Å²) in [7, 11) is 2.36. The number of phenolic OH excluding ortho intramolecular Hbond substituents is 1. The lowest BCUT2D eigenvalue weighted by molar-refractivity contribution is -0.940. The normalized spacial score (nSPS) is 44.6.